The van der Waals surface area contributed by atoms with Gasteiger partial charge in [-0.15, -0.1) is 0 Å². The maximum atomic E-state index is 12.2. The van der Waals surface area contributed by atoms with Gasteiger partial charge in [0.05, 0.1) is 5.56 Å². The molecule has 0 radical (unpaired) electrons. The Bertz CT molecular complexity index is 584. The number of rotatable bonds is 4. The SMILES string of the molecule is CCSCCN1C(=O)c2cc(N)ccc2S1(=O)=O. The van der Waals surface area contributed by atoms with Gasteiger partial charge in [-0.05, 0) is 24.0 Å². The van der Waals surface area contributed by atoms with E-state index in [-0.39, 0.29) is 17.0 Å². The first-order chi connectivity index (χ1) is 8.48. The molecule has 98 valence electrons. The minimum Gasteiger partial charge on any atom is -0.399 e. The Morgan fingerprint density at radius 1 is 1.39 bits per heavy atom. The van der Waals surface area contributed by atoms with Crippen LogP contribution in [-0.2, 0) is 10.0 Å². The first-order valence-electron chi connectivity index (χ1n) is 5.53. The van der Waals surface area contributed by atoms with E-state index >= 15 is 0 Å². The van der Waals surface area contributed by atoms with E-state index < -0.39 is 15.9 Å². The van der Waals surface area contributed by atoms with Crippen molar-refractivity contribution in [1.29, 1.82) is 0 Å². The van der Waals surface area contributed by atoms with E-state index in [2.05, 4.69) is 0 Å². The number of nitrogens with two attached hydrogens (primary N) is 1. The molecule has 0 spiro atoms. The molecule has 2 N–H and O–H groups in total. The number of hydrogen-bond acceptors (Lipinski definition) is 5. The minimum atomic E-state index is -3.68. The molecule has 7 heteroatoms. The fraction of sp³-hybridized carbons (Fsp3) is 0.364. The smallest absolute Gasteiger partial charge is 0.269 e. The van der Waals surface area contributed by atoms with Gasteiger partial charge in [0.1, 0.15) is 4.90 Å². The molecule has 0 aromatic heterocycles. The quantitative estimate of drug-likeness (QED) is 0.664. The molecule has 0 unspecified atom stereocenters. The van der Waals surface area contributed by atoms with Crippen molar-refractivity contribution in [2.75, 3.05) is 23.8 Å². The molecule has 0 atom stereocenters. The Morgan fingerprint density at radius 3 is 2.78 bits per heavy atom. The molecule has 2 rings (SSSR count). The van der Waals surface area contributed by atoms with Crippen LogP contribution >= 0.6 is 11.8 Å². The average Bonchev–Trinajstić information content (AvgIpc) is 2.50. The lowest BCUT2D eigenvalue weighted by molar-refractivity contribution is 0.0876. The van der Waals surface area contributed by atoms with E-state index in [1.807, 2.05) is 6.92 Å². The molecule has 0 fully saturated rings. The minimum absolute atomic E-state index is 0.0585. The molecule has 18 heavy (non-hydrogen) atoms. The van der Waals surface area contributed by atoms with Crippen LogP contribution in [0.5, 0.6) is 0 Å². The zero-order valence-electron chi connectivity index (χ0n) is 9.92. The summed E-state index contributed by atoms with van der Waals surface area (Å²) in [7, 11) is -3.68. The fourth-order valence-electron chi connectivity index (χ4n) is 1.82. The number of carbonyl (C=O) groups excluding carboxylic acids is 1. The lowest BCUT2D eigenvalue weighted by Crippen LogP contribution is -2.32. The van der Waals surface area contributed by atoms with Crippen LogP contribution in [0, 0.1) is 0 Å². The van der Waals surface area contributed by atoms with Crippen molar-refractivity contribution in [3.63, 3.8) is 0 Å². The second-order valence-corrected chi connectivity index (χ2v) is 7.06. The molecule has 1 aliphatic heterocycles. The summed E-state index contributed by atoms with van der Waals surface area (Å²) in [5, 5.41) is 0. The van der Waals surface area contributed by atoms with Crippen LogP contribution in [0.15, 0.2) is 23.1 Å². The number of carbonyl (C=O) groups is 1. The number of fused-ring (bicyclic) bond motifs is 1. The van der Waals surface area contributed by atoms with Crippen molar-refractivity contribution < 1.29 is 13.2 Å². The van der Waals surface area contributed by atoms with Gasteiger partial charge in [0.2, 0.25) is 0 Å². The van der Waals surface area contributed by atoms with Crippen molar-refractivity contribution in [2.45, 2.75) is 11.8 Å². The number of anilines is 1. The highest BCUT2D eigenvalue weighted by Crippen LogP contribution is 2.31. The molecule has 0 saturated heterocycles. The van der Waals surface area contributed by atoms with Gasteiger partial charge >= 0.3 is 0 Å². The lowest BCUT2D eigenvalue weighted by atomic mass is 10.2. The van der Waals surface area contributed by atoms with Crippen molar-refractivity contribution in [3.8, 4) is 0 Å². The number of nitrogen functional groups attached to an aromatic ring is 1. The number of nitrogens with zero attached hydrogens (tertiary/aromatic N) is 1. The number of hydrogen-bond donors (Lipinski definition) is 1. The molecule has 1 heterocycles. The van der Waals surface area contributed by atoms with E-state index in [1.54, 1.807) is 11.8 Å². The Hall–Kier alpha value is -1.21. The Morgan fingerprint density at radius 2 is 2.11 bits per heavy atom. The van der Waals surface area contributed by atoms with Crippen LogP contribution in [0.2, 0.25) is 0 Å². The van der Waals surface area contributed by atoms with Gasteiger partial charge < -0.3 is 5.73 Å². The van der Waals surface area contributed by atoms with Gasteiger partial charge in [0, 0.05) is 18.0 Å². The topological polar surface area (TPSA) is 80.5 Å². The van der Waals surface area contributed by atoms with Crippen LogP contribution in [0.25, 0.3) is 0 Å². The highest BCUT2D eigenvalue weighted by atomic mass is 32.2. The van der Waals surface area contributed by atoms with Gasteiger partial charge in [0.25, 0.3) is 15.9 Å². The second kappa shape index (κ2) is 4.81. The molecule has 0 saturated carbocycles. The predicted molar refractivity (Wildman–Crippen MR) is 72.1 cm³/mol. The highest BCUT2D eigenvalue weighted by molar-refractivity contribution is 7.99. The molecule has 1 aromatic carbocycles. The van der Waals surface area contributed by atoms with Crippen LogP contribution in [0.3, 0.4) is 0 Å². The third-order valence-corrected chi connectivity index (χ3v) is 5.39. The van der Waals surface area contributed by atoms with E-state index in [4.69, 9.17) is 5.73 Å². The Balaban J connectivity index is 2.35. The number of amides is 1. The largest absolute Gasteiger partial charge is 0.399 e. The van der Waals surface area contributed by atoms with Gasteiger partial charge in [-0.2, -0.15) is 11.8 Å². The first kappa shape index (κ1) is 13.2. The Labute approximate surface area is 110 Å². The predicted octanol–water partition coefficient (Wildman–Crippen LogP) is 1.17. The number of sulfonamides is 1. The maximum Gasteiger partial charge on any atom is 0.269 e. The van der Waals surface area contributed by atoms with Gasteiger partial charge in [-0.25, -0.2) is 12.7 Å². The summed E-state index contributed by atoms with van der Waals surface area (Å²) < 4.78 is 25.2. The molecule has 1 aromatic rings. The fourth-order valence-corrected chi connectivity index (χ4v) is 4.08. The summed E-state index contributed by atoms with van der Waals surface area (Å²) >= 11 is 1.60. The highest BCUT2D eigenvalue weighted by Gasteiger charge is 2.40. The van der Waals surface area contributed by atoms with Crippen molar-refractivity contribution in [3.05, 3.63) is 23.8 Å². The van der Waals surface area contributed by atoms with E-state index in [0.717, 1.165) is 10.1 Å². The number of thioether (sulfide) groups is 1. The molecular formula is C11H14N2O3S2. The Kier molecular flexibility index (Phi) is 3.54. The molecule has 0 aliphatic carbocycles. The van der Waals surface area contributed by atoms with Gasteiger partial charge in [0.15, 0.2) is 0 Å². The summed E-state index contributed by atoms with van der Waals surface area (Å²) in [6, 6.07) is 4.31. The van der Waals surface area contributed by atoms with Gasteiger partial charge in [-0.1, -0.05) is 6.92 Å². The van der Waals surface area contributed by atoms with Crippen molar-refractivity contribution in [2.24, 2.45) is 0 Å². The summed E-state index contributed by atoms with van der Waals surface area (Å²) in [6.07, 6.45) is 0. The third kappa shape index (κ3) is 2.08. The summed E-state index contributed by atoms with van der Waals surface area (Å²) in [5.41, 5.74) is 6.15. The first-order valence-corrected chi connectivity index (χ1v) is 8.12. The van der Waals surface area contributed by atoms with Crippen molar-refractivity contribution >= 4 is 33.4 Å². The van der Waals surface area contributed by atoms with E-state index in [1.165, 1.54) is 18.2 Å². The van der Waals surface area contributed by atoms with E-state index in [0.29, 0.717) is 11.4 Å². The van der Waals surface area contributed by atoms with Crippen LogP contribution < -0.4 is 5.73 Å². The van der Waals surface area contributed by atoms with E-state index in [9.17, 15) is 13.2 Å². The van der Waals surface area contributed by atoms with Crippen LogP contribution in [0.4, 0.5) is 5.69 Å². The third-order valence-electron chi connectivity index (χ3n) is 2.67. The summed E-state index contributed by atoms with van der Waals surface area (Å²) in [6.45, 7) is 2.19. The molecular weight excluding hydrogens is 272 g/mol. The monoisotopic (exact) mass is 286 g/mol. The molecule has 1 aliphatic rings. The van der Waals surface area contributed by atoms with Crippen molar-refractivity contribution in [1.82, 2.24) is 4.31 Å². The normalized spacial score (nSPS) is 16.9. The zero-order chi connectivity index (χ0) is 13.3. The van der Waals surface area contributed by atoms with Gasteiger partial charge in [-0.3, -0.25) is 4.79 Å². The maximum absolute atomic E-state index is 12.2. The molecule has 5 nitrogen and oxygen atoms in total. The number of benzene rings is 1. The summed E-state index contributed by atoms with van der Waals surface area (Å²) in [5.74, 6) is 1.02. The molecule has 1 amide bonds. The zero-order valence-corrected chi connectivity index (χ0v) is 11.6. The van der Waals surface area contributed by atoms with Crippen LogP contribution in [-0.4, -0.2) is 36.7 Å². The second-order valence-electron chi connectivity index (χ2n) is 3.83. The lowest BCUT2D eigenvalue weighted by Gasteiger charge is -2.14. The van der Waals surface area contributed by atoms with Crippen LogP contribution in [0.1, 0.15) is 17.3 Å². The summed E-state index contributed by atoms with van der Waals surface area (Å²) in [4.78, 5) is 12.1. The average molecular weight is 286 g/mol. The standard InChI is InChI=1S/C11H14N2O3S2/c1-2-17-6-5-13-11(14)9-7-8(12)3-4-10(9)18(13,15)16/h3-4,7H,2,5-6,12H2,1H3. The molecule has 0 bridgehead atoms.